The molecule has 0 heterocycles. The van der Waals surface area contributed by atoms with Gasteiger partial charge in [-0.2, -0.15) is 17.4 Å². The van der Waals surface area contributed by atoms with Gasteiger partial charge in [-0.25, -0.2) is 0 Å². The van der Waals surface area contributed by atoms with Crippen LogP contribution >= 0.6 is 0 Å². The Morgan fingerprint density at radius 3 is 2.13 bits per heavy atom. The Labute approximate surface area is 138 Å². The molecule has 2 aromatic carbocycles. The van der Waals surface area contributed by atoms with E-state index in [0.717, 1.165) is 18.4 Å². The van der Waals surface area contributed by atoms with Crippen molar-refractivity contribution in [2.75, 3.05) is 6.54 Å². The Balaban J connectivity index is 1.68. The fraction of sp³-hybridized carbons (Fsp3) is 0.333. The number of nitrogens with zero attached hydrogens (tertiary/aromatic N) is 1. The van der Waals surface area contributed by atoms with Gasteiger partial charge in [0.25, 0.3) is 10.2 Å². The van der Waals surface area contributed by atoms with Gasteiger partial charge in [-0.1, -0.05) is 61.5 Å². The van der Waals surface area contributed by atoms with E-state index in [1.165, 1.54) is 15.4 Å². The van der Waals surface area contributed by atoms with E-state index in [1.54, 1.807) is 0 Å². The van der Waals surface area contributed by atoms with Crippen LogP contribution in [0.2, 0.25) is 0 Å². The van der Waals surface area contributed by atoms with Gasteiger partial charge in [0.1, 0.15) is 0 Å². The van der Waals surface area contributed by atoms with Gasteiger partial charge < -0.3 is 0 Å². The highest BCUT2D eigenvalue weighted by Gasteiger charge is 2.28. The Morgan fingerprint density at radius 2 is 1.57 bits per heavy atom. The van der Waals surface area contributed by atoms with Crippen LogP contribution in [0.1, 0.15) is 23.6 Å². The molecular weight excluding hydrogens is 308 g/mol. The van der Waals surface area contributed by atoms with Gasteiger partial charge in [0.05, 0.1) is 0 Å². The van der Waals surface area contributed by atoms with Gasteiger partial charge in [-0.3, -0.25) is 0 Å². The molecule has 1 aliphatic rings. The largest absolute Gasteiger partial charge is 0.280 e. The van der Waals surface area contributed by atoms with E-state index in [4.69, 9.17) is 0 Å². The second-order valence-corrected chi connectivity index (χ2v) is 7.61. The lowest BCUT2D eigenvalue weighted by Gasteiger charge is -2.23. The maximum absolute atomic E-state index is 12.7. The first-order valence-corrected chi connectivity index (χ1v) is 9.40. The standard InChI is InChI=1S/C18H22N2O2S/c1-2-20(14-15-8-4-3-5-9-15)23(21,22)19-18-12-16-10-6-7-11-17(16)13-18/h3-11,18-19H,2,12-14H2,1H3. The van der Waals surface area contributed by atoms with Gasteiger partial charge in [-0.15, -0.1) is 0 Å². The van der Waals surface area contributed by atoms with Gasteiger partial charge >= 0.3 is 0 Å². The van der Waals surface area contributed by atoms with Crippen molar-refractivity contribution < 1.29 is 8.42 Å². The van der Waals surface area contributed by atoms with Crippen molar-refractivity contribution in [2.45, 2.75) is 32.4 Å². The van der Waals surface area contributed by atoms with E-state index in [0.29, 0.717) is 13.1 Å². The van der Waals surface area contributed by atoms with Crippen LogP contribution in [0.4, 0.5) is 0 Å². The van der Waals surface area contributed by atoms with Gasteiger partial charge in [0, 0.05) is 19.1 Å². The fourth-order valence-electron chi connectivity index (χ4n) is 3.08. The highest BCUT2D eigenvalue weighted by Crippen LogP contribution is 2.22. The Bertz CT molecular complexity index is 735. The van der Waals surface area contributed by atoms with Gasteiger partial charge in [-0.05, 0) is 29.5 Å². The molecule has 3 rings (SSSR count). The maximum atomic E-state index is 12.7. The molecule has 0 fully saturated rings. The summed E-state index contributed by atoms with van der Waals surface area (Å²) in [6, 6.07) is 17.8. The number of hydrogen-bond acceptors (Lipinski definition) is 2. The van der Waals surface area contributed by atoms with Crippen LogP contribution < -0.4 is 4.72 Å². The molecule has 23 heavy (non-hydrogen) atoms. The highest BCUT2D eigenvalue weighted by atomic mass is 32.2. The van der Waals surface area contributed by atoms with Gasteiger partial charge in [0.2, 0.25) is 0 Å². The number of nitrogens with one attached hydrogen (secondary N) is 1. The minimum absolute atomic E-state index is 0.0535. The van der Waals surface area contributed by atoms with E-state index >= 15 is 0 Å². The average molecular weight is 330 g/mol. The summed E-state index contributed by atoms with van der Waals surface area (Å²) in [7, 11) is -3.49. The first-order valence-electron chi connectivity index (χ1n) is 7.96. The van der Waals surface area contributed by atoms with Gasteiger partial charge in [0.15, 0.2) is 0 Å². The molecule has 0 unspecified atom stereocenters. The van der Waals surface area contributed by atoms with Crippen LogP contribution in [0.15, 0.2) is 54.6 Å². The lowest BCUT2D eigenvalue weighted by atomic mass is 10.1. The lowest BCUT2D eigenvalue weighted by molar-refractivity contribution is 0.407. The van der Waals surface area contributed by atoms with Crippen LogP contribution in [0.25, 0.3) is 0 Å². The zero-order chi connectivity index (χ0) is 16.3. The summed E-state index contributed by atoms with van der Waals surface area (Å²) in [5, 5.41) is 0. The maximum Gasteiger partial charge on any atom is 0.280 e. The SMILES string of the molecule is CCN(Cc1ccccc1)S(=O)(=O)NC1Cc2ccccc2C1. The van der Waals surface area contributed by atoms with E-state index in [1.807, 2.05) is 49.4 Å². The second-order valence-electron chi connectivity index (χ2n) is 5.91. The van der Waals surface area contributed by atoms with Crippen LogP contribution in [0.3, 0.4) is 0 Å². The molecule has 0 saturated carbocycles. The summed E-state index contributed by atoms with van der Waals surface area (Å²) in [5.74, 6) is 0. The third-order valence-electron chi connectivity index (χ3n) is 4.26. The van der Waals surface area contributed by atoms with Crippen molar-refractivity contribution in [3.05, 3.63) is 71.3 Å². The van der Waals surface area contributed by atoms with Crippen LogP contribution in [-0.4, -0.2) is 25.3 Å². The Kier molecular flexibility index (Phi) is 4.80. The zero-order valence-electron chi connectivity index (χ0n) is 13.3. The minimum Gasteiger partial charge on any atom is -0.198 e. The molecule has 0 spiro atoms. The molecule has 0 bridgehead atoms. The molecule has 0 radical (unpaired) electrons. The Hall–Kier alpha value is -1.69. The quantitative estimate of drug-likeness (QED) is 0.885. The summed E-state index contributed by atoms with van der Waals surface area (Å²) < 4.78 is 29.7. The number of hydrogen-bond donors (Lipinski definition) is 1. The predicted molar refractivity (Wildman–Crippen MR) is 92.2 cm³/mol. The summed E-state index contributed by atoms with van der Waals surface area (Å²) in [5.41, 5.74) is 3.48. The molecule has 0 amide bonds. The third-order valence-corrected chi connectivity index (χ3v) is 5.96. The first kappa shape index (κ1) is 16.2. The molecule has 0 saturated heterocycles. The summed E-state index contributed by atoms with van der Waals surface area (Å²) in [6.07, 6.45) is 1.52. The van der Waals surface area contributed by atoms with Crippen molar-refractivity contribution in [3.63, 3.8) is 0 Å². The molecule has 0 aliphatic heterocycles. The topological polar surface area (TPSA) is 49.4 Å². The average Bonchev–Trinajstić information content (AvgIpc) is 2.94. The van der Waals surface area contributed by atoms with Crippen molar-refractivity contribution in [1.82, 2.24) is 9.03 Å². The fourth-order valence-corrected chi connectivity index (χ4v) is 4.48. The van der Waals surface area contributed by atoms with Crippen molar-refractivity contribution in [2.24, 2.45) is 0 Å². The van der Waals surface area contributed by atoms with Crippen LogP contribution in [0, 0.1) is 0 Å². The molecule has 122 valence electrons. The molecular formula is C18H22N2O2S. The molecule has 4 nitrogen and oxygen atoms in total. The minimum atomic E-state index is -3.49. The van der Waals surface area contributed by atoms with E-state index in [-0.39, 0.29) is 6.04 Å². The first-order chi connectivity index (χ1) is 11.1. The number of rotatable bonds is 6. The van der Waals surface area contributed by atoms with E-state index in [2.05, 4.69) is 16.9 Å². The van der Waals surface area contributed by atoms with E-state index < -0.39 is 10.2 Å². The zero-order valence-corrected chi connectivity index (χ0v) is 14.1. The molecule has 2 aromatic rings. The summed E-state index contributed by atoms with van der Waals surface area (Å²) in [6.45, 7) is 2.71. The molecule has 1 N–H and O–H groups in total. The van der Waals surface area contributed by atoms with Crippen molar-refractivity contribution in [1.29, 1.82) is 0 Å². The number of benzene rings is 2. The monoisotopic (exact) mass is 330 g/mol. The predicted octanol–water partition coefficient (Wildman–Crippen LogP) is 2.51. The smallest absolute Gasteiger partial charge is 0.198 e. The number of fused-ring (bicyclic) bond motifs is 1. The van der Waals surface area contributed by atoms with Crippen LogP contribution in [0.5, 0.6) is 0 Å². The summed E-state index contributed by atoms with van der Waals surface area (Å²) in [4.78, 5) is 0. The van der Waals surface area contributed by atoms with Crippen molar-refractivity contribution >= 4 is 10.2 Å². The van der Waals surface area contributed by atoms with Crippen molar-refractivity contribution in [3.8, 4) is 0 Å². The normalized spacial score (nSPS) is 15.0. The molecule has 0 aromatic heterocycles. The lowest BCUT2D eigenvalue weighted by Crippen LogP contribution is -2.45. The molecule has 1 aliphatic carbocycles. The molecule has 0 atom stereocenters. The highest BCUT2D eigenvalue weighted by molar-refractivity contribution is 7.87. The van der Waals surface area contributed by atoms with E-state index in [9.17, 15) is 8.42 Å². The molecule has 5 heteroatoms. The second kappa shape index (κ2) is 6.83. The summed E-state index contributed by atoms with van der Waals surface area (Å²) >= 11 is 0. The third kappa shape index (κ3) is 3.80. The Morgan fingerprint density at radius 1 is 1.00 bits per heavy atom. The van der Waals surface area contributed by atoms with Crippen LogP contribution in [-0.2, 0) is 29.6 Å².